The van der Waals surface area contributed by atoms with Gasteiger partial charge in [0.15, 0.2) is 0 Å². The van der Waals surface area contributed by atoms with Crippen molar-refractivity contribution in [2.75, 3.05) is 32.0 Å². The Labute approximate surface area is 121 Å². The molecule has 1 aliphatic rings. The normalized spacial score (nSPS) is 17.4. The van der Waals surface area contributed by atoms with Gasteiger partial charge in [-0.15, -0.1) is 0 Å². The number of nitrogens with zero attached hydrogens (tertiary/aromatic N) is 2. The predicted octanol–water partition coefficient (Wildman–Crippen LogP) is 3.38. The lowest BCUT2D eigenvalue weighted by Crippen LogP contribution is -2.30. The van der Waals surface area contributed by atoms with Crippen molar-refractivity contribution in [3.8, 4) is 0 Å². The van der Waals surface area contributed by atoms with Gasteiger partial charge >= 0.3 is 0 Å². The molecule has 0 spiro atoms. The number of pyridine rings is 1. The zero-order valence-electron chi connectivity index (χ0n) is 12.2. The number of likely N-dealkylation sites (tertiary alicyclic amines) is 1. The lowest BCUT2D eigenvalue weighted by Gasteiger charge is -2.28. The van der Waals surface area contributed by atoms with Gasteiger partial charge in [-0.3, -0.25) is 0 Å². The van der Waals surface area contributed by atoms with Crippen LogP contribution >= 0.6 is 0 Å². The van der Waals surface area contributed by atoms with E-state index < -0.39 is 0 Å². The maximum atomic E-state index is 4.65. The Kier molecular flexibility index (Phi) is 4.16. The molecule has 0 unspecified atom stereocenters. The molecule has 0 aliphatic carbocycles. The molecule has 1 aliphatic heterocycles. The number of hydrogen-bond acceptors (Lipinski definition) is 3. The van der Waals surface area contributed by atoms with Gasteiger partial charge < -0.3 is 10.2 Å². The summed E-state index contributed by atoms with van der Waals surface area (Å²) in [7, 11) is 2.22. The van der Waals surface area contributed by atoms with E-state index in [1.807, 2.05) is 6.07 Å². The molecular weight excluding hydrogens is 246 g/mol. The molecule has 1 N–H and O–H groups in total. The maximum absolute atomic E-state index is 4.65. The minimum atomic E-state index is 0.874. The Morgan fingerprint density at radius 1 is 1.15 bits per heavy atom. The van der Waals surface area contributed by atoms with E-state index in [4.69, 9.17) is 0 Å². The van der Waals surface area contributed by atoms with Gasteiger partial charge in [-0.25, -0.2) is 4.98 Å². The number of anilines is 1. The van der Waals surface area contributed by atoms with Crippen molar-refractivity contribution in [2.45, 2.75) is 19.3 Å². The third kappa shape index (κ3) is 3.28. The van der Waals surface area contributed by atoms with Gasteiger partial charge in [-0.1, -0.05) is 18.2 Å². The van der Waals surface area contributed by atoms with Crippen molar-refractivity contribution >= 4 is 16.7 Å². The van der Waals surface area contributed by atoms with E-state index in [0.717, 1.165) is 23.8 Å². The first-order chi connectivity index (χ1) is 9.81. The van der Waals surface area contributed by atoms with Crippen molar-refractivity contribution in [3.63, 3.8) is 0 Å². The summed E-state index contributed by atoms with van der Waals surface area (Å²) in [5.41, 5.74) is 1.07. The summed E-state index contributed by atoms with van der Waals surface area (Å²) in [5, 5.41) is 4.67. The molecule has 0 saturated carbocycles. The van der Waals surface area contributed by atoms with Crippen LogP contribution in [0.3, 0.4) is 0 Å². The van der Waals surface area contributed by atoms with Gasteiger partial charge in [0.05, 0.1) is 5.52 Å². The highest BCUT2D eigenvalue weighted by Gasteiger charge is 2.15. The third-order valence-corrected chi connectivity index (χ3v) is 4.30. The highest BCUT2D eigenvalue weighted by molar-refractivity contribution is 5.79. The SMILES string of the molecule is CN1CCC(CCNc2ccc3ccccc3n2)CC1. The number of fused-ring (bicyclic) bond motifs is 1. The number of nitrogens with one attached hydrogen (secondary N) is 1. The fourth-order valence-electron chi connectivity index (χ4n) is 2.92. The molecule has 1 fully saturated rings. The standard InChI is InChI=1S/C17H23N3/c1-20-12-9-14(10-13-20)8-11-18-17-7-6-15-4-2-3-5-16(15)19-17/h2-7,14H,8-13H2,1H3,(H,18,19). The molecule has 0 bridgehead atoms. The van der Waals surface area contributed by atoms with Gasteiger partial charge in [-0.2, -0.15) is 0 Å². The number of piperidine rings is 1. The van der Waals surface area contributed by atoms with E-state index in [-0.39, 0.29) is 0 Å². The Balaban J connectivity index is 1.52. The van der Waals surface area contributed by atoms with Crippen molar-refractivity contribution < 1.29 is 0 Å². The lowest BCUT2D eigenvalue weighted by atomic mass is 9.94. The molecule has 1 aromatic carbocycles. The average Bonchev–Trinajstić information content (AvgIpc) is 2.49. The van der Waals surface area contributed by atoms with Crippen LogP contribution in [0.25, 0.3) is 10.9 Å². The van der Waals surface area contributed by atoms with E-state index in [9.17, 15) is 0 Å². The Morgan fingerprint density at radius 2 is 1.95 bits per heavy atom. The molecule has 106 valence electrons. The van der Waals surface area contributed by atoms with Crippen LogP contribution in [0, 0.1) is 5.92 Å². The third-order valence-electron chi connectivity index (χ3n) is 4.30. The Morgan fingerprint density at radius 3 is 2.80 bits per heavy atom. The molecule has 2 heterocycles. The second-order valence-electron chi connectivity index (χ2n) is 5.85. The fraction of sp³-hybridized carbons (Fsp3) is 0.471. The summed E-state index contributed by atoms with van der Waals surface area (Å²) in [6.45, 7) is 3.53. The number of rotatable bonds is 4. The minimum Gasteiger partial charge on any atom is -0.370 e. The molecule has 3 nitrogen and oxygen atoms in total. The maximum Gasteiger partial charge on any atom is 0.126 e. The largest absolute Gasteiger partial charge is 0.370 e. The monoisotopic (exact) mass is 269 g/mol. The van der Waals surface area contributed by atoms with Crippen LogP contribution in [0.2, 0.25) is 0 Å². The van der Waals surface area contributed by atoms with Crippen LogP contribution in [0.5, 0.6) is 0 Å². The highest BCUT2D eigenvalue weighted by Crippen LogP contribution is 2.20. The van der Waals surface area contributed by atoms with Crippen LogP contribution in [-0.4, -0.2) is 36.6 Å². The molecule has 0 radical (unpaired) electrons. The summed E-state index contributed by atoms with van der Waals surface area (Å²) < 4.78 is 0. The van der Waals surface area contributed by atoms with Crippen LogP contribution in [-0.2, 0) is 0 Å². The van der Waals surface area contributed by atoms with Crippen LogP contribution in [0.4, 0.5) is 5.82 Å². The first-order valence-corrected chi connectivity index (χ1v) is 7.59. The van der Waals surface area contributed by atoms with Crippen LogP contribution in [0.15, 0.2) is 36.4 Å². The van der Waals surface area contributed by atoms with Crippen molar-refractivity contribution in [3.05, 3.63) is 36.4 Å². The van der Waals surface area contributed by atoms with Crippen molar-refractivity contribution in [1.82, 2.24) is 9.88 Å². The predicted molar refractivity (Wildman–Crippen MR) is 85.1 cm³/mol. The van der Waals surface area contributed by atoms with Gasteiger partial charge in [0, 0.05) is 11.9 Å². The summed E-state index contributed by atoms with van der Waals surface area (Å²) >= 11 is 0. The highest BCUT2D eigenvalue weighted by atomic mass is 15.1. The van der Waals surface area contributed by atoms with E-state index >= 15 is 0 Å². The molecule has 3 heteroatoms. The quantitative estimate of drug-likeness (QED) is 0.922. The molecule has 1 saturated heterocycles. The zero-order valence-corrected chi connectivity index (χ0v) is 12.2. The van der Waals surface area contributed by atoms with Crippen molar-refractivity contribution in [1.29, 1.82) is 0 Å². The summed E-state index contributed by atoms with van der Waals surface area (Å²) in [5.74, 6) is 1.87. The fourth-order valence-corrected chi connectivity index (χ4v) is 2.92. The number of hydrogen-bond donors (Lipinski definition) is 1. The topological polar surface area (TPSA) is 28.2 Å². The summed E-state index contributed by atoms with van der Waals surface area (Å²) in [4.78, 5) is 7.08. The summed E-state index contributed by atoms with van der Waals surface area (Å²) in [6, 6.07) is 12.5. The Bertz CT molecular complexity index is 559. The molecule has 1 aromatic heterocycles. The molecule has 0 atom stereocenters. The number of benzene rings is 1. The van der Waals surface area contributed by atoms with Gasteiger partial charge in [0.1, 0.15) is 5.82 Å². The molecule has 0 amide bonds. The van der Waals surface area contributed by atoms with E-state index in [1.54, 1.807) is 0 Å². The number of para-hydroxylation sites is 1. The zero-order chi connectivity index (χ0) is 13.8. The average molecular weight is 269 g/mol. The smallest absolute Gasteiger partial charge is 0.126 e. The molecule has 20 heavy (non-hydrogen) atoms. The molecule has 3 rings (SSSR count). The van der Waals surface area contributed by atoms with Crippen LogP contribution in [0.1, 0.15) is 19.3 Å². The lowest BCUT2D eigenvalue weighted by molar-refractivity contribution is 0.215. The first kappa shape index (κ1) is 13.4. The number of aromatic nitrogens is 1. The van der Waals surface area contributed by atoms with Crippen LogP contribution < -0.4 is 5.32 Å². The van der Waals surface area contributed by atoms with Crippen molar-refractivity contribution in [2.24, 2.45) is 5.92 Å². The van der Waals surface area contributed by atoms with Gasteiger partial charge in [0.2, 0.25) is 0 Å². The Hall–Kier alpha value is -1.61. The van der Waals surface area contributed by atoms with Gasteiger partial charge in [0.25, 0.3) is 0 Å². The molecule has 2 aromatic rings. The second kappa shape index (κ2) is 6.23. The molecular formula is C17H23N3. The van der Waals surface area contributed by atoms with E-state index in [0.29, 0.717) is 0 Å². The summed E-state index contributed by atoms with van der Waals surface area (Å²) in [6.07, 6.45) is 3.93. The minimum absolute atomic E-state index is 0.874. The van der Waals surface area contributed by atoms with E-state index in [1.165, 1.54) is 37.7 Å². The van der Waals surface area contributed by atoms with E-state index in [2.05, 4.69) is 52.6 Å². The second-order valence-corrected chi connectivity index (χ2v) is 5.85. The van der Waals surface area contributed by atoms with Gasteiger partial charge in [-0.05, 0) is 63.5 Å². The first-order valence-electron chi connectivity index (χ1n) is 7.59.